The average Bonchev–Trinajstić information content (AvgIpc) is 3.15. The quantitative estimate of drug-likeness (QED) is 0.860. The summed E-state index contributed by atoms with van der Waals surface area (Å²) in [6.45, 7) is 1.07. The van der Waals surface area contributed by atoms with E-state index in [0.29, 0.717) is 0 Å². The minimum absolute atomic E-state index is 0.117. The minimum atomic E-state index is -0.117. The summed E-state index contributed by atoms with van der Waals surface area (Å²) in [6.07, 6.45) is 12.4. The largest absolute Gasteiger partial charge is 0.359 e. The molecule has 1 spiro atoms. The van der Waals surface area contributed by atoms with Gasteiger partial charge in [0, 0.05) is 23.7 Å². The van der Waals surface area contributed by atoms with Crippen molar-refractivity contribution in [3.05, 3.63) is 72.6 Å². The van der Waals surface area contributed by atoms with Crippen LogP contribution < -0.4 is 5.43 Å². The predicted molar refractivity (Wildman–Crippen MR) is 85.9 cm³/mol. The highest BCUT2D eigenvalue weighted by molar-refractivity contribution is 5.93. The van der Waals surface area contributed by atoms with Crippen LogP contribution in [-0.4, -0.2) is 16.1 Å². The second kappa shape index (κ2) is 3.61. The van der Waals surface area contributed by atoms with E-state index in [1.807, 2.05) is 0 Å². The van der Waals surface area contributed by atoms with Crippen LogP contribution in [0.2, 0.25) is 0 Å². The molecule has 3 heteroatoms. The highest BCUT2D eigenvalue weighted by Gasteiger charge is 2.49. The van der Waals surface area contributed by atoms with Crippen LogP contribution in [0.3, 0.4) is 0 Å². The Kier molecular flexibility index (Phi) is 1.94. The third-order valence-electron chi connectivity index (χ3n) is 5.05. The summed E-state index contributed by atoms with van der Waals surface area (Å²) in [5, 5.41) is 1.28. The van der Waals surface area contributed by atoms with Gasteiger partial charge in [0.2, 0.25) is 0 Å². The molecule has 3 nitrogen and oxygen atoms in total. The number of nitrogens with zero attached hydrogens (tertiary/aromatic N) is 2. The molecule has 1 aliphatic carbocycles. The zero-order chi connectivity index (χ0) is 14.0. The number of aromatic nitrogens is 1. The molecule has 3 aliphatic rings. The van der Waals surface area contributed by atoms with Gasteiger partial charge in [0.1, 0.15) is 5.54 Å². The van der Waals surface area contributed by atoms with Crippen LogP contribution in [0.25, 0.3) is 17.0 Å². The van der Waals surface area contributed by atoms with Gasteiger partial charge in [-0.15, -0.1) is 0 Å². The first kappa shape index (κ1) is 11.3. The lowest BCUT2D eigenvalue weighted by Crippen LogP contribution is -2.41. The number of benzene rings is 1. The summed E-state index contributed by atoms with van der Waals surface area (Å²) in [5.74, 6) is 0. The molecule has 1 unspecified atom stereocenters. The van der Waals surface area contributed by atoms with Crippen molar-refractivity contribution < 1.29 is 0 Å². The zero-order valence-corrected chi connectivity index (χ0v) is 11.7. The minimum Gasteiger partial charge on any atom is -0.359 e. The third kappa shape index (κ3) is 1.13. The predicted octanol–water partition coefficient (Wildman–Crippen LogP) is 3.36. The van der Waals surface area contributed by atoms with Crippen LogP contribution in [-0.2, 0) is 5.54 Å². The van der Waals surface area contributed by atoms with Crippen molar-refractivity contribution in [1.82, 2.24) is 9.58 Å². The van der Waals surface area contributed by atoms with Crippen LogP contribution >= 0.6 is 0 Å². The molecule has 1 atom stereocenters. The Hall–Kier alpha value is -2.42. The second-order valence-corrected chi connectivity index (χ2v) is 5.85. The monoisotopic (exact) mass is 274 g/mol. The van der Waals surface area contributed by atoms with Crippen molar-refractivity contribution in [1.29, 1.82) is 0 Å². The van der Waals surface area contributed by atoms with E-state index in [2.05, 4.69) is 76.8 Å². The van der Waals surface area contributed by atoms with E-state index < -0.39 is 0 Å². The van der Waals surface area contributed by atoms with Gasteiger partial charge < -0.3 is 10.3 Å². The molecule has 1 aromatic carbocycles. The number of hydrogen-bond donors (Lipinski definition) is 1. The Labute approximate surface area is 123 Å². The van der Waals surface area contributed by atoms with Gasteiger partial charge in [0.25, 0.3) is 0 Å². The van der Waals surface area contributed by atoms with E-state index in [-0.39, 0.29) is 5.54 Å². The highest BCUT2D eigenvalue weighted by Crippen LogP contribution is 2.52. The molecule has 0 saturated carbocycles. The number of fused-ring (bicyclic) bond motifs is 3. The van der Waals surface area contributed by atoms with Gasteiger partial charge in [-0.2, -0.15) is 0 Å². The zero-order valence-electron chi connectivity index (χ0n) is 11.7. The maximum Gasteiger partial charge on any atom is 0.123 e. The van der Waals surface area contributed by atoms with E-state index in [9.17, 15) is 0 Å². The molecule has 0 amide bonds. The Balaban J connectivity index is 1.96. The molecule has 1 radical (unpaired) electrons. The van der Waals surface area contributed by atoms with Crippen molar-refractivity contribution in [3.8, 4) is 0 Å². The average molecular weight is 274 g/mol. The molecular formula is C18H16N3. The number of hydrogen-bond acceptors (Lipinski definition) is 2. The molecule has 1 fully saturated rings. The summed E-state index contributed by atoms with van der Waals surface area (Å²) in [4.78, 5) is 2.44. The molecule has 0 bridgehead atoms. The van der Waals surface area contributed by atoms with Crippen LogP contribution in [0, 0.1) is 7.05 Å². The number of rotatable bonds is 1. The summed E-state index contributed by atoms with van der Waals surface area (Å²) in [5.41, 5.74) is 8.28. The first-order valence-corrected chi connectivity index (χ1v) is 7.37. The molecule has 21 heavy (non-hydrogen) atoms. The summed E-state index contributed by atoms with van der Waals surface area (Å²) in [7, 11) is 3.94. The topological polar surface area (TPSA) is 20.2 Å². The van der Waals surface area contributed by atoms with Gasteiger partial charge in [-0.3, -0.25) is 4.68 Å². The Morgan fingerprint density at radius 3 is 3.05 bits per heavy atom. The summed E-state index contributed by atoms with van der Waals surface area (Å²) >= 11 is 0. The first-order valence-electron chi connectivity index (χ1n) is 7.37. The van der Waals surface area contributed by atoms with Crippen LogP contribution in [0.5, 0.6) is 0 Å². The van der Waals surface area contributed by atoms with E-state index in [4.69, 9.17) is 0 Å². The molecule has 2 aliphatic heterocycles. The molecule has 1 aromatic heterocycles. The fourth-order valence-corrected chi connectivity index (χ4v) is 4.21. The first-order chi connectivity index (χ1) is 10.4. The Bertz CT molecular complexity index is 853. The smallest absolute Gasteiger partial charge is 0.123 e. The van der Waals surface area contributed by atoms with Crippen molar-refractivity contribution in [2.24, 2.45) is 0 Å². The lowest BCUT2D eigenvalue weighted by molar-refractivity contribution is 0.285. The maximum absolute atomic E-state index is 3.94. The Morgan fingerprint density at radius 2 is 2.14 bits per heavy atom. The summed E-state index contributed by atoms with van der Waals surface area (Å²) < 4.78 is 2.15. The number of para-hydroxylation sites is 1. The van der Waals surface area contributed by atoms with E-state index >= 15 is 0 Å². The van der Waals surface area contributed by atoms with E-state index in [0.717, 1.165) is 13.0 Å². The Morgan fingerprint density at radius 1 is 1.24 bits per heavy atom. The van der Waals surface area contributed by atoms with Crippen molar-refractivity contribution in [2.75, 3.05) is 12.0 Å². The number of nitrogens with one attached hydrogen (secondary N) is 1. The van der Waals surface area contributed by atoms with Crippen molar-refractivity contribution in [3.63, 3.8) is 0 Å². The molecule has 1 N–H and O–H groups in total. The van der Waals surface area contributed by atoms with Gasteiger partial charge in [-0.05, 0) is 30.2 Å². The van der Waals surface area contributed by atoms with Crippen molar-refractivity contribution in [2.45, 2.75) is 12.0 Å². The normalized spacial score (nSPS) is 25.0. The van der Waals surface area contributed by atoms with Gasteiger partial charge in [-0.25, -0.2) is 0 Å². The van der Waals surface area contributed by atoms with Crippen LogP contribution in [0.4, 0.5) is 0 Å². The third-order valence-corrected chi connectivity index (χ3v) is 5.05. The van der Waals surface area contributed by atoms with Gasteiger partial charge in [0.05, 0.1) is 18.3 Å². The second-order valence-electron chi connectivity index (χ2n) is 5.85. The fraction of sp³-hybridized carbons (Fsp3) is 0.167. The maximum atomic E-state index is 3.94. The standard InChI is InChI=1S/C18H16N3/c1-19-21-16-7-3-2-6-14(16)15-9-12-20-11-8-13-5-4-10-18(13,20)17(15)21/h2-7,9-10,12,19H,1,8,11H2. The molecule has 2 aromatic rings. The van der Waals surface area contributed by atoms with Crippen LogP contribution in [0.1, 0.15) is 17.7 Å². The SMILES string of the molecule is [CH2]Nn1c2c(c3ccccc31)C=CN1CCC3=CC=CC321. The molecule has 3 heterocycles. The van der Waals surface area contributed by atoms with E-state index in [1.165, 1.54) is 27.7 Å². The van der Waals surface area contributed by atoms with Gasteiger partial charge >= 0.3 is 0 Å². The lowest BCUT2D eigenvalue weighted by Gasteiger charge is -2.39. The van der Waals surface area contributed by atoms with Gasteiger partial charge in [-0.1, -0.05) is 30.4 Å². The lowest BCUT2D eigenvalue weighted by atomic mass is 9.85. The van der Waals surface area contributed by atoms with Crippen LogP contribution in [0.15, 0.2) is 54.3 Å². The summed E-state index contributed by atoms with van der Waals surface area (Å²) in [6, 6.07) is 8.52. The van der Waals surface area contributed by atoms with Crippen molar-refractivity contribution >= 4 is 17.0 Å². The van der Waals surface area contributed by atoms with E-state index in [1.54, 1.807) is 0 Å². The molecule has 5 rings (SSSR count). The highest BCUT2D eigenvalue weighted by atomic mass is 15.4. The molecule has 103 valence electrons. The fourth-order valence-electron chi connectivity index (χ4n) is 4.21. The number of allylic oxidation sites excluding steroid dienone is 2. The molecule has 1 saturated heterocycles. The van der Waals surface area contributed by atoms with Gasteiger partial charge in [0.15, 0.2) is 0 Å². The molecular weight excluding hydrogens is 258 g/mol.